The number of rotatable bonds is 2. The van der Waals surface area contributed by atoms with Crippen LogP contribution in [0.25, 0.3) is 0 Å². The predicted molar refractivity (Wildman–Crippen MR) is 192 cm³/mol. The first kappa shape index (κ1) is 34.5. The lowest BCUT2D eigenvalue weighted by Gasteiger charge is -2.48. The van der Waals surface area contributed by atoms with Gasteiger partial charge in [0.15, 0.2) is 8.32 Å². The molecule has 0 radical (unpaired) electrons. The van der Waals surface area contributed by atoms with Crippen LogP contribution in [-0.4, -0.2) is 47.6 Å². The zero-order chi connectivity index (χ0) is 33.6. The maximum absolute atomic E-state index is 13.4. The Morgan fingerprint density at radius 3 is 2.47 bits per heavy atom. The maximum Gasteiger partial charge on any atom is 0.264 e. The van der Waals surface area contributed by atoms with Crippen molar-refractivity contribution in [3.63, 3.8) is 0 Å². The number of ether oxygens (including phenoxy) is 1. The van der Waals surface area contributed by atoms with Gasteiger partial charge in [0.05, 0.1) is 17.5 Å². The van der Waals surface area contributed by atoms with Crippen LogP contribution >= 0.6 is 11.6 Å². The van der Waals surface area contributed by atoms with E-state index in [0.29, 0.717) is 29.8 Å². The van der Waals surface area contributed by atoms with Gasteiger partial charge in [0.25, 0.3) is 5.91 Å². The van der Waals surface area contributed by atoms with Gasteiger partial charge in [0, 0.05) is 23.7 Å². The maximum atomic E-state index is 13.4. The lowest BCUT2D eigenvalue weighted by atomic mass is 9.69. The lowest BCUT2D eigenvalue weighted by Crippen LogP contribution is -2.50. The summed E-state index contributed by atoms with van der Waals surface area (Å²) in [6.45, 7) is 13.5. The molecule has 2 saturated carbocycles. The van der Waals surface area contributed by atoms with Gasteiger partial charge in [-0.3, -0.25) is 4.79 Å². The topological polar surface area (TPSA) is 84.9 Å². The normalized spacial score (nSPS) is 28.9. The van der Waals surface area contributed by atoms with Crippen LogP contribution in [0.4, 0.5) is 5.69 Å². The summed E-state index contributed by atoms with van der Waals surface area (Å²) >= 11 is 6.37. The molecule has 5 atom stereocenters. The van der Waals surface area contributed by atoms with Crippen molar-refractivity contribution in [3.8, 4) is 5.75 Å². The minimum atomic E-state index is -3.82. The van der Waals surface area contributed by atoms with E-state index in [1.165, 1.54) is 5.56 Å². The van der Waals surface area contributed by atoms with Crippen LogP contribution in [0.5, 0.6) is 5.75 Å². The highest BCUT2D eigenvalue weighted by Gasteiger charge is 2.45. The van der Waals surface area contributed by atoms with Crippen molar-refractivity contribution in [1.29, 1.82) is 0 Å². The number of nitrogens with zero attached hydrogens (tertiary/aromatic N) is 1. The van der Waals surface area contributed by atoms with Gasteiger partial charge < -0.3 is 14.1 Å². The summed E-state index contributed by atoms with van der Waals surface area (Å²) in [5.41, 5.74) is 3.46. The highest BCUT2D eigenvalue weighted by atomic mass is 35.5. The molecule has 2 aromatic rings. The minimum Gasteiger partial charge on any atom is -0.487 e. The molecule has 47 heavy (non-hydrogen) atoms. The number of benzene rings is 2. The average Bonchev–Trinajstić information content (AvgIpc) is 2.99. The van der Waals surface area contributed by atoms with Crippen molar-refractivity contribution in [1.82, 2.24) is 4.72 Å². The second-order valence-electron chi connectivity index (χ2n) is 15.7. The summed E-state index contributed by atoms with van der Waals surface area (Å²) in [5.74, 6) is 0.996. The molecule has 2 bridgehead atoms. The Morgan fingerprint density at radius 1 is 0.979 bits per heavy atom. The van der Waals surface area contributed by atoms with Gasteiger partial charge in [-0.1, -0.05) is 50.6 Å². The molecular weight excluding hydrogens is 648 g/mol. The van der Waals surface area contributed by atoms with Crippen LogP contribution in [0.3, 0.4) is 0 Å². The molecule has 2 aliphatic carbocycles. The van der Waals surface area contributed by atoms with Crippen LogP contribution in [0.15, 0.2) is 48.6 Å². The first-order valence-electron chi connectivity index (χ1n) is 17.4. The van der Waals surface area contributed by atoms with Gasteiger partial charge in [0.2, 0.25) is 10.0 Å². The van der Waals surface area contributed by atoms with E-state index >= 15 is 0 Å². The number of fused-ring (bicyclic) bond motifs is 4. The second kappa shape index (κ2) is 13.5. The number of carbonyl (C=O) groups is 1. The predicted octanol–water partition coefficient (Wildman–Crippen LogP) is 8.13. The Bertz CT molecular complexity index is 1620. The average molecular weight is 699 g/mol. The Balaban J connectivity index is 1.38. The van der Waals surface area contributed by atoms with Crippen molar-refractivity contribution in [2.24, 2.45) is 23.7 Å². The summed E-state index contributed by atoms with van der Waals surface area (Å²) in [6, 6.07) is 11.3. The van der Waals surface area contributed by atoms with Crippen LogP contribution in [0.2, 0.25) is 23.2 Å². The number of hydrogen-bond donors (Lipinski definition) is 1. The van der Waals surface area contributed by atoms with Crippen LogP contribution in [0.1, 0.15) is 80.8 Å². The fourth-order valence-corrected chi connectivity index (χ4v) is 10.2. The van der Waals surface area contributed by atoms with Gasteiger partial charge in [0.1, 0.15) is 12.4 Å². The van der Waals surface area contributed by atoms with Crippen LogP contribution in [0, 0.1) is 23.7 Å². The fourth-order valence-electron chi connectivity index (χ4n) is 7.23. The van der Waals surface area contributed by atoms with Crippen molar-refractivity contribution in [3.05, 3.63) is 70.3 Å². The molecule has 6 rings (SSSR count). The van der Waals surface area contributed by atoms with E-state index < -0.39 is 24.2 Å². The molecule has 1 amide bonds. The largest absolute Gasteiger partial charge is 0.487 e. The molecule has 1 unspecified atom stereocenters. The van der Waals surface area contributed by atoms with Gasteiger partial charge in [-0.2, -0.15) is 0 Å². The van der Waals surface area contributed by atoms with E-state index in [9.17, 15) is 13.2 Å². The van der Waals surface area contributed by atoms with Crippen molar-refractivity contribution >= 4 is 41.5 Å². The smallest absolute Gasteiger partial charge is 0.264 e. The van der Waals surface area contributed by atoms with Crippen molar-refractivity contribution < 1.29 is 22.4 Å². The van der Waals surface area contributed by atoms with Crippen molar-refractivity contribution in [2.75, 3.05) is 23.7 Å². The number of anilines is 1. The number of amides is 1. The standard InChI is InChI=1S/C37H51ClN2O5SSi/c1-37(2,3)47(4,5)45-34-17-13-25-9-10-30(25)24-46(42,43)39-36(41)27-14-18-35-33(21-27)40(22-28-12-16-32(28)34)19-7-6-8-26-20-31(38)15-11-29(26)23-44-35/h11,13-15,17-18,20-21,25,28,30,32,34H,6-10,12,16,19,22-24H2,1-5H3,(H,39,41)/b17-13+/t25-,28-,30-,32+,34?/m0/s1. The summed E-state index contributed by atoms with van der Waals surface area (Å²) in [6.07, 6.45) is 11.4. The number of allylic oxidation sites excluding steroid dienone is 1. The molecule has 1 N–H and O–H groups in total. The molecule has 10 heteroatoms. The molecule has 2 heterocycles. The molecule has 0 aromatic heterocycles. The molecule has 4 aliphatic rings. The third-order valence-corrected chi connectivity index (χ3v) is 17.6. The molecular formula is C37H51ClN2O5SSi. The Hall–Kier alpha value is -2.33. The Kier molecular flexibility index (Phi) is 9.94. The van der Waals surface area contributed by atoms with Crippen LogP contribution < -0.4 is 14.4 Å². The Morgan fingerprint density at radius 2 is 1.77 bits per heavy atom. The van der Waals surface area contributed by atoms with E-state index in [4.69, 9.17) is 20.8 Å². The van der Waals surface area contributed by atoms with Gasteiger partial charge in [-0.15, -0.1) is 0 Å². The van der Waals surface area contributed by atoms with Crippen molar-refractivity contribution in [2.45, 2.75) is 96.6 Å². The van der Waals surface area contributed by atoms with E-state index in [2.05, 4.69) is 55.6 Å². The molecule has 0 spiro atoms. The lowest BCUT2D eigenvalue weighted by molar-refractivity contribution is 0.0524. The van der Waals surface area contributed by atoms with E-state index in [-0.39, 0.29) is 28.7 Å². The second-order valence-corrected chi connectivity index (χ2v) is 22.7. The van der Waals surface area contributed by atoms with Gasteiger partial charge in [-0.05, 0) is 128 Å². The van der Waals surface area contributed by atoms with E-state index in [0.717, 1.165) is 74.3 Å². The number of sulfonamides is 1. The zero-order valence-electron chi connectivity index (χ0n) is 28.6. The SMILES string of the molecule is CC(C)(C)[Si](C)(C)OC1/C=C/[C@@H]2CC[C@H]2CS(=O)(=O)NC(=O)c2ccc3c(c2)N(CCCCc2cc(Cl)ccc2CO3)C[C@@H]2CC[C@@H]12. The summed E-state index contributed by atoms with van der Waals surface area (Å²) in [7, 11) is -5.91. The Labute approximate surface area is 287 Å². The summed E-state index contributed by atoms with van der Waals surface area (Å²) in [5, 5.41) is 0.802. The van der Waals surface area contributed by atoms with E-state index in [1.807, 2.05) is 30.3 Å². The number of hydrogen-bond acceptors (Lipinski definition) is 6. The van der Waals surface area contributed by atoms with Crippen LogP contribution in [-0.2, 0) is 27.5 Å². The number of aryl methyl sites for hydroxylation is 1. The summed E-state index contributed by atoms with van der Waals surface area (Å²) in [4.78, 5) is 15.8. The monoisotopic (exact) mass is 698 g/mol. The number of halogens is 1. The molecule has 7 nitrogen and oxygen atoms in total. The first-order valence-corrected chi connectivity index (χ1v) is 22.3. The number of carbonyl (C=O) groups excluding carboxylic acids is 1. The molecule has 0 saturated heterocycles. The van der Waals surface area contributed by atoms with Gasteiger partial charge in [-0.25, -0.2) is 13.1 Å². The third kappa shape index (κ3) is 7.79. The first-order chi connectivity index (χ1) is 22.2. The molecule has 256 valence electrons. The molecule has 2 aliphatic heterocycles. The highest BCUT2D eigenvalue weighted by molar-refractivity contribution is 7.90. The quantitative estimate of drug-likeness (QED) is 0.252. The zero-order valence-corrected chi connectivity index (χ0v) is 31.1. The minimum absolute atomic E-state index is 0.00894. The fraction of sp³-hybridized carbons (Fsp3) is 0.595. The van der Waals surface area contributed by atoms with Gasteiger partial charge >= 0.3 is 0 Å². The third-order valence-electron chi connectivity index (χ3n) is 11.5. The molecule has 2 fully saturated rings. The number of nitrogens with one attached hydrogen (secondary N) is 1. The summed E-state index contributed by atoms with van der Waals surface area (Å²) < 4.78 is 42.6. The molecule has 2 aromatic carbocycles. The highest BCUT2D eigenvalue weighted by Crippen LogP contribution is 2.46. The van der Waals surface area contributed by atoms with E-state index in [1.54, 1.807) is 6.07 Å².